The molecule has 12 heteroatoms. The number of hydrogen-bond donors (Lipinski definition) is 1. The molecule has 1 atom stereocenters. The summed E-state index contributed by atoms with van der Waals surface area (Å²) in [4.78, 5) is 26.1. The molecule has 2 aliphatic heterocycles. The summed E-state index contributed by atoms with van der Waals surface area (Å²) >= 11 is 1.71. The Kier molecular flexibility index (Phi) is 5.56. The Hall–Kier alpha value is -4.03. The van der Waals surface area contributed by atoms with Crippen LogP contribution in [0.5, 0.6) is 11.5 Å². The van der Waals surface area contributed by atoms with Gasteiger partial charge in [-0.2, -0.15) is 0 Å². The molecule has 1 saturated heterocycles. The number of benzene rings is 2. The van der Waals surface area contributed by atoms with Crippen LogP contribution in [-0.4, -0.2) is 68.0 Å². The Balaban J connectivity index is 1.27. The molecule has 7 rings (SSSR count). The molecule has 0 unspecified atom stereocenters. The third kappa shape index (κ3) is 4.20. The average molecular weight is 545 g/mol. The van der Waals surface area contributed by atoms with Crippen molar-refractivity contribution in [2.24, 2.45) is 0 Å². The van der Waals surface area contributed by atoms with Crippen molar-refractivity contribution in [1.29, 1.82) is 0 Å². The number of aromatic amines is 1. The number of nitrogens with zero attached hydrogens (tertiary/aromatic N) is 7. The van der Waals surface area contributed by atoms with Gasteiger partial charge in [-0.15, -0.1) is 5.10 Å². The summed E-state index contributed by atoms with van der Waals surface area (Å²) in [6.07, 6.45) is 0. The van der Waals surface area contributed by atoms with Crippen LogP contribution in [0.15, 0.2) is 47.3 Å². The minimum Gasteiger partial charge on any atom is -0.454 e. The molecule has 0 bridgehead atoms. The van der Waals surface area contributed by atoms with E-state index in [1.165, 1.54) is 4.70 Å². The number of rotatable bonds is 4. The maximum absolute atomic E-state index is 13.6. The lowest BCUT2D eigenvalue weighted by Crippen LogP contribution is -2.49. The molecular weight excluding hydrogens is 516 g/mol. The van der Waals surface area contributed by atoms with Crippen molar-refractivity contribution in [2.45, 2.75) is 32.4 Å². The normalized spacial score (nSPS) is 16.8. The van der Waals surface area contributed by atoms with Gasteiger partial charge in [-0.3, -0.25) is 9.69 Å². The summed E-state index contributed by atoms with van der Waals surface area (Å²) in [5.74, 6) is 1.94. The number of hydrogen-bond acceptors (Lipinski definition) is 10. The largest absolute Gasteiger partial charge is 0.454 e. The molecule has 0 amide bonds. The fourth-order valence-electron chi connectivity index (χ4n) is 5.32. The van der Waals surface area contributed by atoms with Gasteiger partial charge in [0.1, 0.15) is 6.04 Å². The van der Waals surface area contributed by atoms with Crippen molar-refractivity contribution in [3.63, 3.8) is 0 Å². The van der Waals surface area contributed by atoms with Crippen LogP contribution in [0.4, 0.5) is 5.13 Å². The lowest BCUT2D eigenvalue weighted by molar-refractivity contribution is 0.174. The number of H-pyrrole nitrogens is 1. The number of para-hydroxylation sites is 1. The average Bonchev–Trinajstić information content (AvgIpc) is 3.67. The van der Waals surface area contributed by atoms with Crippen LogP contribution in [0.25, 0.3) is 21.1 Å². The first-order valence-electron chi connectivity index (χ1n) is 12.9. The van der Waals surface area contributed by atoms with Crippen LogP contribution < -0.4 is 19.9 Å². The van der Waals surface area contributed by atoms with Crippen molar-refractivity contribution in [2.75, 3.05) is 37.9 Å². The van der Waals surface area contributed by atoms with Gasteiger partial charge in [-0.05, 0) is 55.5 Å². The van der Waals surface area contributed by atoms with E-state index in [0.29, 0.717) is 28.4 Å². The molecule has 5 aromatic rings. The number of tetrazole rings is 1. The highest BCUT2D eigenvalue weighted by Gasteiger charge is 2.35. The van der Waals surface area contributed by atoms with E-state index >= 15 is 0 Å². The number of nitrogens with one attached hydrogen (secondary N) is 1. The summed E-state index contributed by atoms with van der Waals surface area (Å²) in [7, 11) is 0. The minimum absolute atomic E-state index is 0.171. The third-order valence-electron chi connectivity index (χ3n) is 7.27. The van der Waals surface area contributed by atoms with Gasteiger partial charge in [0.25, 0.3) is 5.56 Å². The zero-order chi connectivity index (χ0) is 26.7. The number of anilines is 1. The second-order valence-electron chi connectivity index (χ2n) is 10.9. The molecule has 39 heavy (non-hydrogen) atoms. The molecule has 0 spiro atoms. The monoisotopic (exact) mass is 544 g/mol. The van der Waals surface area contributed by atoms with Gasteiger partial charge < -0.3 is 19.4 Å². The molecule has 5 heterocycles. The molecule has 2 aromatic carbocycles. The van der Waals surface area contributed by atoms with E-state index in [4.69, 9.17) is 14.5 Å². The molecule has 0 radical (unpaired) electrons. The summed E-state index contributed by atoms with van der Waals surface area (Å²) in [5.41, 5.74) is 1.77. The number of aromatic nitrogens is 6. The Morgan fingerprint density at radius 2 is 1.79 bits per heavy atom. The van der Waals surface area contributed by atoms with Gasteiger partial charge in [-0.25, -0.2) is 9.67 Å². The third-order valence-corrected chi connectivity index (χ3v) is 8.36. The molecule has 1 N–H and O–H groups in total. The number of thiazole rings is 1. The smallest absolute Gasteiger partial charge is 0.253 e. The van der Waals surface area contributed by atoms with Gasteiger partial charge in [0.15, 0.2) is 22.5 Å². The van der Waals surface area contributed by atoms with Gasteiger partial charge in [-0.1, -0.05) is 23.5 Å². The fourth-order valence-corrected chi connectivity index (χ4v) is 6.34. The van der Waals surface area contributed by atoms with Gasteiger partial charge in [0, 0.05) is 43.2 Å². The quantitative estimate of drug-likeness (QED) is 0.363. The topological polar surface area (TPSA) is 114 Å². The zero-order valence-electron chi connectivity index (χ0n) is 21.9. The predicted octanol–water partition coefficient (Wildman–Crippen LogP) is 3.52. The van der Waals surface area contributed by atoms with Crippen LogP contribution in [0.3, 0.4) is 0 Å². The van der Waals surface area contributed by atoms with Crippen molar-refractivity contribution in [1.82, 2.24) is 35.1 Å². The molecule has 0 saturated carbocycles. The SMILES string of the molecule is CC(C)(C)n1nnnc1[C@H](c1cc2cc3c(cc2[nH]c1=O)OCO3)N1CCN(c2nc3ccccc3s2)CC1. The van der Waals surface area contributed by atoms with Crippen molar-refractivity contribution in [3.05, 3.63) is 64.2 Å². The molecule has 3 aromatic heterocycles. The first-order valence-corrected chi connectivity index (χ1v) is 13.8. The van der Waals surface area contributed by atoms with Crippen molar-refractivity contribution >= 4 is 37.6 Å². The first kappa shape index (κ1) is 24.0. The van der Waals surface area contributed by atoms with Crippen LogP contribution in [-0.2, 0) is 5.54 Å². The summed E-state index contributed by atoms with van der Waals surface area (Å²) in [6.45, 7) is 9.33. The second kappa shape index (κ2) is 9.02. The van der Waals surface area contributed by atoms with Crippen LogP contribution in [0.1, 0.15) is 38.2 Å². The second-order valence-corrected chi connectivity index (χ2v) is 11.9. The van der Waals surface area contributed by atoms with E-state index in [1.807, 2.05) is 41.1 Å². The molecule has 200 valence electrons. The number of ether oxygens (including phenoxy) is 2. The zero-order valence-corrected chi connectivity index (χ0v) is 22.7. The molecule has 2 aliphatic rings. The number of piperazine rings is 1. The van der Waals surface area contributed by atoms with E-state index in [-0.39, 0.29) is 17.9 Å². The Morgan fingerprint density at radius 3 is 2.56 bits per heavy atom. The first-order chi connectivity index (χ1) is 18.8. The highest BCUT2D eigenvalue weighted by molar-refractivity contribution is 7.22. The Bertz CT molecular complexity index is 1710. The predicted molar refractivity (Wildman–Crippen MR) is 149 cm³/mol. The summed E-state index contributed by atoms with van der Waals surface area (Å²) in [6, 6.07) is 13.4. The number of fused-ring (bicyclic) bond motifs is 3. The van der Waals surface area contributed by atoms with Crippen LogP contribution in [0, 0.1) is 0 Å². The van der Waals surface area contributed by atoms with Crippen molar-refractivity contribution < 1.29 is 9.47 Å². The van der Waals surface area contributed by atoms with Gasteiger partial charge in [0.2, 0.25) is 6.79 Å². The van der Waals surface area contributed by atoms with E-state index in [1.54, 1.807) is 11.3 Å². The van der Waals surface area contributed by atoms with Gasteiger partial charge in [0.05, 0.1) is 21.3 Å². The lowest BCUT2D eigenvalue weighted by Gasteiger charge is -2.39. The minimum atomic E-state index is -0.435. The van der Waals surface area contributed by atoms with Crippen LogP contribution in [0.2, 0.25) is 0 Å². The highest BCUT2D eigenvalue weighted by atomic mass is 32.1. The fraction of sp³-hybridized carbons (Fsp3) is 0.370. The van der Waals surface area contributed by atoms with Gasteiger partial charge >= 0.3 is 0 Å². The van der Waals surface area contributed by atoms with Crippen molar-refractivity contribution in [3.8, 4) is 11.5 Å². The van der Waals surface area contributed by atoms with E-state index in [9.17, 15) is 4.79 Å². The van der Waals surface area contributed by atoms with Crippen LogP contribution >= 0.6 is 11.3 Å². The Labute approximate surface area is 228 Å². The highest BCUT2D eigenvalue weighted by Crippen LogP contribution is 2.37. The standard InChI is InChI=1S/C27H28N8O3S/c1-27(2,3)35-24(30-31-32-35)23(17-12-16-13-20-21(38-15-37-20)14-19(16)28-25(17)36)33-8-10-34(11-9-33)26-29-18-6-4-5-7-22(18)39-26/h4-7,12-14,23H,8-11,15H2,1-3H3,(H,28,36)/t23-/m0/s1. The maximum Gasteiger partial charge on any atom is 0.253 e. The summed E-state index contributed by atoms with van der Waals surface area (Å²) < 4.78 is 14.1. The Morgan fingerprint density at radius 1 is 1.03 bits per heavy atom. The van der Waals surface area contributed by atoms with E-state index in [0.717, 1.165) is 42.2 Å². The molecule has 11 nitrogen and oxygen atoms in total. The number of pyridine rings is 1. The molecular formula is C27H28N8O3S. The maximum atomic E-state index is 13.6. The summed E-state index contributed by atoms with van der Waals surface area (Å²) in [5, 5.41) is 14.7. The van der Waals surface area contributed by atoms with E-state index < -0.39 is 6.04 Å². The molecule has 1 fully saturated rings. The van der Waals surface area contributed by atoms with E-state index in [2.05, 4.69) is 57.1 Å². The lowest BCUT2D eigenvalue weighted by atomic mass is 10.0. The molecule has 0 aliphatic carbocycles.